The number of carbonyl (C=O) groups is 1. The molecule has 0 aliphatic rings. The van der Waals surface area contributed by atoms with Crippen LogP contribution in [-0.2, 0) is 0 Å². The number of hydrogen-bond donors (Lipinski definition) is 2. The Morgan fingerprint density at radius 1 is 1.17 bits per heavy atom. The molecule has 0 aliphatic carbocycles. The number of nitrogens with zero attached hydrogens (tertiary/aromatic N) is 2. The third-order valence-corrected chi connectivity index (χ3v) is 3.24. The molecule has 2 aromatic carbocycles. The van der Waals surface area contributed by atoms with Crippen molar-refractivity contribution in [2.45, 2.75) is 0 Å². The minimum Gasteiger partial charge on any atom is -0.267 e. The summed E-state index contributed by atoms with van der Waals surface area (Å²) in [5, 5.41) is 10.2. The molecule has 0 unspecified atom stereocenters. The summed E-state index contributed by atoms with van der Waals surface area (Å²) in [5.41, 5.74) is 1.75. The predicted molar refractivity (Wildman–Crippen MR) is 83.8 cm³/mol. The molecule has 1 amide bonds. The molecule has 2 N–H and O–H groups in total. The van der Waals surface area contributed by atoms with E-state index in [0.29, 0.717) is 16.8 Å². The first kappa shape index (κ1) is 15.5. The van der Waals surface area contributed by atoms with Crippen LogP contribution in [0.4, 0.5) is 8.78 Å². The van der Waals surface area contributed by atoms with Crippen LogP contribution in [0.25, 0.3) is 10.8 Å². The molecule has 0 radical (unpaired) electrons. The molecule has 0 fully saturated rings. The topological polar surface area (TPSA) is 87.2 Å². The van der Waals surface area contributed by atoms with E-state index in [1.807, 2.05) is 0 Å². The summed E-state index contributed by atoms with van der Waals surface area (Å²) < 4.78 is 26.3. The fourth-order valence-corrected chi connectivity index (χ4v) is 2.11. The SMILES string of the molecule is O=C(N/N=C\c1ccc(F)cc1F)c1n[nH]c(=O)c2ccccc12. The normalized spacial score (nSPS) is 11.1. The van der Waals surface area contributed by atoms with Crippen LogP contribution in [0.5, 0.6) is 0 Å². The Morgan fingerprint density at radius 2 is 1.92 bits per heavy atom. The number of amides is 1. The van der Waals surface area contributed by atoms with Gasteiger partial charge in [0.25, 0.3) is 11.5 Å². The lowest BCUT2D eigenvalue weighted by Crippen LogP contribution is -2.22. The van der Waals surface area contributed by atoms with E-state index < -0.39 is 23.1 Å². The number of aromatic nitrogens is 2. The molecule has 0 saturated heterocycles. The summed E-state index contributed by atoms with van der Waals surface area (Å²) in [5.74, 6) is -2.19. The van der Waals surface area contributed by atoms with Crippen LogP contribution in [0.2, 0.25) is 0 Å². The number of halogens is 2. The Hall–Kier alpha value is -3.42. The first-order valence-corrected chi connectivity index (χ1v) is 6.82. The fraction of sp³-hybridized carbons (Fsp3) is 0. The molecule has 0 atom stereocenters. The minimum atomic E-state index is -0.805. The van der Waals surface area contributed by atoms with E-state index in [1.165, 1.54) is 6.07 Å². The molecule has 0 aliphatic heterocycles. The second kappa shape index (κ2) is 6.37. The van der Waals surface area contributed by atoms with Gasteiger partial charge in [0, 0.05) is 17.0 Å². The van der Waals surface area contributed by atoms with Gasteiger partial charge in [0.2, 0.25) is 0 Å². The lowest BCUT2D eigenvalue weighted by molar-refractivity contribution is 0.0951. The molecule has 8 heteroatoms. The Bertz CT molecular complexity index is 1010. The van der Waals surface area contributed by atoms with Gasteiger partial charge in [0.1, 0.15) is 11.6 Å². The number of rotatable bonds is 3. The molecule has 0 bridgehead atoms. The Balaban J connectivity index is 1.84. The van der Waals surface area contributed by atoms with Crippen molar-refractivity contribution in [2.24, 2.45) is 5.10 Å². The zero-order chi connectivity index (χ0) is 17.1. The quantitative estimate of drug-likeness (QED) is 0.569. The second-order valence-electron chi connectivity index (χ2n) is 4.81. The predicted octanol–water partition coefficient (Wildman–Crippen LogP) is 1.97. The smallest absolute Gasteiger partial charge is 0.267 e. The van der Waals surface area contributed by atoms with E-state index in [9.17, 15) is 18.4 Å². The van der Waals surface area contributed by atoms with Gasteiger partial charge in [-0.05, 0) is 18.2 Å². The molecule has 1 aromatic heterocycles. The van der Waals surface area contributed by atoms with Crippen molar-refractivity contribution < 1.29 is 13.6 Å². The minimum absolute atomic E-state index is 0.0102. The van der Waals surface area contributed by atoms with Crippen LogP contribution >= 0.6 is 0 Å². The largest absolute Gasteiger partial charge is 0.292 e. The number of carbonyl (C=O) groups excluding carboxylic acids is 1. The number of nitrogens with one attached hydrogen (secondary N) is 2. The zero-order valence-electron chi connectivity index (χ0n) is 12.1. The van der Waals surface area contributed by atoms with Gasteiger partial charge in [-0.2, -0.15) is 10.2 Å². The van der Waals surface area contributed by atoms with Crippen molar-refractivity contribution in [3.63, 3.8) is 0 Å². The van der Waals surface area contributed by atoms with Gasteiger partial charge >= 0.3 is 0 Å². The van der Waals surface area contributed by atoms with E-state index >= 15 is 0 Å². The summed E-state index contributed by atoms with van der Waals surface area (Å²) in [6.07, 6.45) is 1.04. The zero-order valence-corrected chi connectivity index (χ0v) is 12.1. The van der Waals surface area contributed by atoms with Crippen LogP contribution < -0.4 is 11.0 Å². The van der Waals surface area contributed by atoms with Gasteiger partial charge in [-0.15, -0.1) is 0 Å². The van der Waals surface area contributed by atoms with Crippen molar-refractivity contribution in [1.82, 2.24) is 15.6 Å². The number of benzene rings is 2. The maximum absolute atomic E-state index is 13.5. The van der Waals surface area contributed by atoms with Crippen LogP contribution in [0, 0.1) is 11.6 Å². The molecular formula is C16H10F2N4O2. The molecule has 0 saturated carbocycles. The molecule has 120 valence electrons. The first-order valence-electron chi connectivity index (χ1n) is 6.82. The van der Waals surface area contributed by atoms with Gasteiger partial charge < -0.3 is 0 Å². The fourth-order valence-electron chi connectivity index (χ4n) is 2.11. The Labute approximate surface area is 133 Å². The maximum atomic E-state index is 13.5. The van der Waals surface area contributed by atoms with E-state index in [2.05, 4.69) is 20.7 Å². The summed E-state index contributed by atoms with van der Waals surface area (Å²) in [7, 11) is 0. The van der Waals surface area contributed by atoms with E-state index in [-0.39, 0.29) is 11.3 Å². The van der Waals surface area contributed by atoms with Gasteiger partial charge in [-0.3, -0.25) is 9.59 Å². The van der Waals surface area contributed by atoms with Crippen molar-refractivity contribution >= 4 is 22.9 Å². The van der Waals surface area contributed by atoms with Gasteiger partial charge in [0.15, 0.2) is 5.69 Å². The first-order chi connectivity index (χ1) is 11.6. The van der Waals surface area contributed by atoms with Gasteiger partial charge in [-0.25, -0.2) is 19.3 Å². The highest BCUT2D eigenvalue weighted by atomic mass is 19.1. The van der Waals surface area contributed by atoms with Crippen LogP contribution in [-0.4, -0.2) is 22.3 Å². The van der Waals surface area contributed by atoms with Crippen LogP contribution in [0.15, 0.2) is 52.4 Å². The van der Waals surface area contributed by atoms with Crippen molar-refractivity contribution in [1.29, 1.82) is 0 Å². The monoisotopic (exact) mass is 328 g/mol. The highest BCUT2D eigenvalue weighted by Crippen LogP contribution is 2.12. The summed E-state index contributed by atoms with van der Waals surface area (Å²) in [6, 6.07) is 9.43. The Kier molecular flexibility index (Phi) is 4.11. The highest BCUT2D eigenvalue weighted by Gasteiger charge is 2.13. The van der Waals surface area contributed by atoms with E-state index in [4.69, 9.17) is 0 Å². The number of hydrazone groups is 1. The van der Waals surface area contributed by atoms with Crippen molar-refractivity contribution in [3.8, 4) is 0 Å². The third kappa shape index (κ3) is 3.02. The van der Waals surface area contributed by atoms with E-state index in [0.717, 1.165) is 12.3 Å². The molecule has 24 heavy (non-hydrogen) atoms. The molecule has 6 nitrogen and oxygen atoms in total. The standard InChI is InChI=1S/C16H10F2N4O2/c17-10-6-5-9(13(18)7-10)8-19-21-16(24)14-11-3-1-2-4-12(11)15(23)22-20-14/h1-8H,(H,21,24)(H,22,23)/b19-8-. The summed E-state index contributed by atoms with van der Waals surface area (Å²) in [6.45, 7) is 0. The summed E-state index contributed by atoms with van der Waals surface area (Å²) >= 11 is 0. The molecular weight excluding hydrogens is 318 g/mol. The third-order valence-electron chi connectivity index (χ3n) is 3.24. The van der Waals surface area contributed by atoms with Gasteiger partial charge in [0.05, 0.1) is 11.6 Å². The lowest BCUT2D eigenvalue weighted by atomic mass is 10.1. The molecule has 3 aromatic rings. The van der Waals surface area contributed by atoms with Gasteiger partial charge in [-0.1, -0.05) is 18.2 Å². The lowest BCUT2D eigenvalue weighted by Gasteiger charge is -2.03. The maximum Gasteiger partial charge on any atom is 0.292 e. The summed E-state index contributed by atoms with van der Waals surface area (Å²) in [4.78, 5) is 23.8. The highest BCUT2D eigenvalue weighted by molar-refractivity contribution is 6.04. The number of fused-ring (bicyclic) bond motifs is 1. The Morgan fingerprint density at radius 3 is 2.67 bits per heavy atom. The van der Waals surface area contributed by atoms with E-state index in [1.54, 1.807) is 24.3 Å². The average Bonchev–Trinajstić information content (AvgIpc) is 2.57. The van der Waals surface area contributed by atoms with Crippen molar-refractivity contribution in [2.75, 3.05) is 0 Å². The molecule has 0 spiro atoms. The number of aromatic amines is 1. The van der Waals surface area contributed by atoms with Crippen LogP contribution in [0.3, 0.4) is 0 Å². The van der Waals surface area contributed by atoms with Crippen LogP contribution in [0.1, 0.15) is 16.1 Å². The average molecular weight is 328 g/mol. The molecule has 1 heterocycles. The number of hydrogen-bond acceptors (Lipinski definition) is 4. The number of H-pyrrole nitrogens is 1. The van der Waals surface area contributed by atoms with Crippen molar-refractivity contribution in [3.05, 3.63) is 75.7 Å². The molecule has 3 rings (SSSR count). The second-order valence-corrected chi connectivity index (χ2v) is 4.81.